The summed E-state index contributed by atoms with van der Waals surface area (Å²) in [5, 5.41) is 7.33. The maximum absolute atomic E-state index is 13.2. The first-order chi connectivity index (χ1) is 17.1. The van der Waals surface area contributed by atoms with Gasteiger partial charge in [-0.3, -0.25) is 9.69 Å². The van der Waals surface area contributed by atoms with Crippen LogP contribution in [0.2, 0.25) is 0 Å². The Morgan fingerprint density at radius 2 is 1.91 bits per heavy atom. The highest BCUT2D eigenvalue weighted by Gasteiger charge is 2.27. The highest BCUT2D eigenvalue weighted by molar-refractivity contribution is 7.99. The largest absolute Gasteiger partial charge is 0.338 e. The number of aromatic nitrogens is 2. The minimum absolute atomic E-state index is 0.0572. The Bertz CT molecular complexity index is 1290. The number of rotatable bonds is 7. The molecule has 1 unspecified atom stereocenters. The third-order valence-electron chi connectivity index (χ3n) is 6.10. The second-order valence-electron chi connectivity index (χ2n) is 8.86. The zero-order chi connectivity index (χ0) is 24.0. The van der Waals surface area contributed by atoms with E-state index in [1.165, 1.54) is 0 Å². The van der Waals surface area contributed by atoms with Gasteiger partial charge in [0, 0.05) is 21.9 Å². The second-order valence-corrected chi connectivity index (χ2v) is 9.97. The quantitative estimate of drug-likeness (QED) is 0.344. The summed E-state index contributed by atoms with van der Waals surface area (Å²) in [5.74, 6) is 1.15. The molecule has 0 saturated carbocycles. The first-order valence-corrected chi connectivity index (χ1v) is 12.7. The Balaban J connectivity index is 1.21. The highest BCUT2D eigenvalue weighted by Crippen LogP contribution is 2.33. The lowest BCUT2D eigenvalue weighted by atomic mass is 9.97. The number of anilines is 1. The first kappa shape index (κ1) is 23.3. The van der Waals surface area contributed by atoms with Crippen molar-refractivity contribution in [1.82, 2.24) is 15.0 Å². The lowest BCUT2D eigenvalue weighted by Gasteiger charge is -2.31. The molecule has 4 aromatic rings. The second kappa shape index (κ2) is 10.9. The lowest BCUT2D eigenvalue weighted by Crippen LogP contribution is -2.40. The molecule has 5 rings (SSSR count). The molecule has 1 fully saturated rings. The van der Waals surface area contributed by atoms with E-state index in [1.54, 1.807) is 11.8 Å². The molecule has 7 heteroatoms. The van der Waals surface area contributed by atoms with Crippen molar-refractivity contribution in [1.29, 1.82) is 0 Å². The third kappa shape index (κ3) is 5.99. The lowest BCUT2D eigenvalue weighted by molar-refractivity contribution is -0.121. The Morgan fingerprint density at radius 1 is 1.09 bits per heavy atom. The maximum atomic E-state index is 13.2. The zero-order valence-electron chi connectivity index (χ0n) is 19.7. The van der Waals surface area contributed by atoms with Crippen LogP contribution < -0.4 is 5.32 Å². The van der Waals surface area contributed by atoms with Gasteiger partial charge < -0.3 is 9.84 Å². The minimum atomic E-state index is -0.0855. The molecule has 35 heavy (non-hydrogen) atoms. The smallest absolute Gasteiger partial charge is 0.241 e. The van der Waals surface area contributed by atoms with Crippen LogP contribution in [0.3, 0.4) is 0 Å². The number of nitrogens with zero attached hydrogens (tertiary/aromatic N) is 3. The molecule has 3 aromatic carbocycles. The highest BCUT2D eigenvalue weighted by atomic mass is 32.2. The first-order valence-electron chi connectivity index (χ1n) is 11.9. The van der Waals surface area contributed by atoms with E-state index in [2.05, 4.69) is 32.5 Å². The number of nitrogens with one attached hydrogen (secondary N) is 1. The molecule has 1 amide bonds. The van der Waals surface area contributed by atoms with Crippen LogP contribution in [0.5, 0.6) is 0 Å². The van der Waals surface area contributed by atoms with Crippen molar-refractivity contribution in [2.75, 3.05) is 18.4 Å². The molecule has 1 aliphatic rings. The summed E-state index contributed by atoms with van der Waals surface area (Å²) in [6.45, 7) is 4.17. The molecule has 0 radical (unpaired) electrons. The van der Waals surface area contributed by atoms with Crippen LogP contribution in [0.4, 0.5) is 5.69 Å². The van der Waals surface area contributed by atoms with E-state index >= 15 is 0 Å². The van der Waals surface area contributed by atoms with Crippen LogP contribution in [0.1, 0.15) is 24.3 Å². The Morgan fingerprint density at radius 3 is 2.77 bits per heavy atom. The van der Waals surface area contributed by atoms with E-state index in [0.29, 0.717) is 24.8 Å². The van der Waals surface area contributed by atoms with Crippen molar-refractivity contribution in [2.24, 2.45) is 5.92 Å². The molecule has 1 atom stereocenters. The molecule has 0 bridgehead atoms. The van der Waals surface area contributed by atoms with Crippen LogP contribution in [-0.2, 0) is 11.3 Å². The van der Waals surface area contributed by atoms with E-state index in [4.69, 9.17) is 4.52 Å². The summed E-state index contributed by atoms with van der Waals surface area (Å²) < 4.78 is 5.52. The maximum Gasteiger partial charge on any atom is 0.241 e. The molecule has 2 heterocycles. The van der Waals surface area contributed by atoms with Gasteiger partial charge in [0.25, 0.3) is 0 Å². The summed E-state index contributed by atoms with van der Waals surface area (Å²) in [6.07, 6.45) is 1.83. The number of piperidine rings is 1. The van der Waals surface area contributed by atoms with Gasteiger partial charge in [0.05, 0.1) is 18.2 Å². The number of hydrogen-bond acceptors (Lipinski definition) is 6. The molecule has 1 saturated heterocycles. The SMILES string of the molecule is Cc1cccc(-c2noc(CN3CCCC(C(=O)Nc4ccccc4Sc4ccccc4)C3)n2)c1. The van der Waals surface area contributed by atoms with Crippen molar-refractivity contribution >= 4 is 23.4 Å². The number of benzene rings is 3. The van der Waals surface area contributed by atoms with Crippen LogP contribution in [0, 0.1) is 12.8 Å². The summed E-state index contributed by atoms with van der Waals surface area (Å²) >= 11 is 1.65. The van der Waals surface area contributed by atoms with Gasteiger partial charge in [0.1, 0.15) is 0 Å². The van der Waals surface area contributed by atoms with Gasteiger partial charge in [-0.1, -0.05) is 71.0 Å². The van der Waals surface area contributed by atoms with Crippen molar-refractivity contribution in [2.45, 2.75) is 36.1 Å². The number of carbonyl (C=O) groups is 1. The van der Waals surface area contributed by atoms with Crippen LogP contribution in [0.15, 0.2) is 93.2 Å². The molecule has 6 nitrogen and oxygen atoms in total. The van der Waals surface area contributed by atoms with Crippen molar-refractivity contribution in [3.8, 4) is 11.4 Å². The molecule has 178 valence electrons. The van der Waals surface area contributed by atoms with Gasteiger partial charge >= 0.3 is 0 Å². The molecule has 0 aliphatic carbocycles. The monoisotopic (exact) mass is 484 g/mol. The van der Waals surface area contributed by atoms with Gasteiger partial charge in [-0.2, -0.15) is 4.98 Å². The number of aryl methyl sites for hydroxylation is 1. The van der Waals surface area contributed by atoms with E-state index in [-0.39, 0.29) is 11.8 Å². The van der Waals surface area contributed by atoms with Gasteiger partial charge in [-0.25, -0.2) is 0 Å². The minimum Gasteiger partial charge on any atom is -0.338 e. The van der Waals surface area contributed by atoms with Gasteiger partial charge in [0.2, 0.25) is 17.6 Å². The van der Waals surface area contributed by atoms with Crippen molar-refractivity contribution in [3.63, 3.8) is 0 Å². The van der Waals surface area contributed by atoms with Gasteiger partial charge in [-0.05, 0) is 56.6 Å². The molecular weight excluding hydrogens is 456 g/mol. The Kier molecular flexibility index (Phi) is 7.25. The third-order valence-corrected chi connectivity index (χ3v) is 7.18. The van der Waals surface area contributed by atoms with Crippen molar-refractivity contribution in [3.05, 3.63) is 90.3 Å². The molecule has 1 N–H and O–H groups in total. The van der Waals surface area contributed by atoms with E-state index in [0.717, 1.165) is 46.0 Å². The number of para-hydroxylation sites is 1. The fourth-order valence-electron chi connectivity index (χ4n) is 4.33. The number of likely N-dealkylation sites (tertiary alicyclic amines) is 1. The average molecular weight is 485 g/mol. The summed E-state index contributed by atoms with van der Waals surface area (Å²) in [5.41, 5.74) is 2.95. The summed E-state index contributed by atoms with van der Waals surface area (Å²) in [6, 6.07) is 26.2. The Labute approximate surface area is 209 Å². The summed E-state index contributed by atoms with van der Waals surface area (Å²) in [7, 11) is 0. The fourth-order valence-corrected chi connectivity index (χ4v) is 5.26. The Hall–Kier alpha value is -3.42. The zero-order valence-corrected chi connectivity index (χ0v) is 20.5. The number of carbonyl (C=O) groups excluding carboxylic acids is 1. The number of hydrogen-bond donors (Lipinski definition) is 1. The normalized spacial score (nSPS) is 16.2. The predicted molar refractivity (Wildman–Crippen MR) is 138 cm³/mol. The van der Waals surface area contributed by atoms with Crippen molar-refractivity contribution < 1.29 is 9.32 Å². The molecular formula is C28H28N4O2S. The van der Waals surface area contributed by atoms with E-state index in [1.807, 2.05) is 73.7 Å². The average Bonchev–Trinajstić information content (AvgIpc) is 3.34. The van der Waals surface area contributed by atoms with Gasteiger partial charge in [-0.15, -0.1) is 0 Å². The van der Waals surface area contributed by atoms with Crippen LogP contribution in [-0.4, -0.2) is 34.0 Å². The van der Waals surface area contributed by atoms with E-state index < -0.39 is 0 Å². The molecule has 1 aromatic heterocycles. The number of amides is 1. The predicted octanol–water partition coefficient (Wildman–Crippen LogP) is 6.05. The van der Waals surface area contributed by atoms with Crippen LogP contribution in [0.25, 0.3) is 11.4 Å². The fraction of sp³-hybridized carbons (Fsp3) is 0.250. The molecule has 1 aliphatic heterocycles. The van der Waals surface area contributed by atoms with Gasteiger partial charge in [0.15, 0.2) is 0 Å². The van der Waals surface area contributed by atoms with Crippen LogP contribution >= 0.6 is 11.8 Å². The summed E-state index contributed by atoms with van der Waals surface area (Å²) in [4.78, 5) is 22.2. The standard InChI is InChI=1S/C28H28N4O2S/c1-20-9-7-10-21(17-20)27-30-26(34-31-27)19-32-16-8-11-22(18-32)28(33)29-24-14-5-6-15-25(24)35-23-12-3-2-4-13-23/h2-7,9-10,12-15,17,22H,8,11,16,18-19H2,1H3,(H,29,33). The topological polar surface area (TPSA) is 71.3 Å². The van der Waals surface area contributed by atoms with E-state index in [9.17, 15) is 4.79 Å². The molecule has 0 spiro atoms.